The van der Waals surface area contributed by atoms with E-state index in [1.165, 1.54) is 24.0 Å². The maximum atomic E-state index is 12.3. The minimum Gasteiger partial charge on any atom is -0.396 e. The van der Waals surface area contributed by atoms with Gasteiger partial charge in [-0.05, 0) is 56.3 Å². The summed E-state index contributed by atoms with van der Waals surface area (Å²) in [4.78, 5) is 14.1. The van der Waals surface area contributed by atoms with Gasteiger partial charge < -0.3 is 15.5 Å². The van der Waals surface area contributed by atoms with Crippen molar-refractivity contribution in [3.05, 3.63) is 34.9 Å². The number of aliphatic hydroxyl groups excluding tert-OH is 2. The lowest BCUT2D eigenvalue weighted by atomic mass is 9.89. The fourth-order valence-electron chi connectivity index (χ4n) is 3.50. The number of likely N-dealkylation sites (N-methyl/N-ethyl adjacent to an activating group) is 1. The van der Waals surface area contributed by atoms with Gasteiger partial charge in [0.1, 0.15) is 0 Å². The standard InChI is InChI=1S/C20H32N2O3/c1-15(17-9-8-16-6-4-5-7-18(16)10-17)21-19(25)11-22(3)12-20(2,13-23)14-24/h8-10,15,23-24H,4-7,11-14H2,1-3H3,(H,21,25). The number of rotatable bonds is 8. The zero-order valence-corrected chi connectivity index (χ0v) is 15.7. The van der Waals surface area contributed by atoms with Gasteiger partial charge in [0.2, 0.25) is 5.91 Å². The fourth-order valence-corrected chi connectivity index (χ4v) is 3.50. The van der Waals surface area contributed by atoms with Crippen LogP contribution in [-0.4, -0.2) is 54.4 Å². The van der Waals surface area contributed by atoms with Crippen LogP contribution < -0.4 is 5.32 Å². The fraction of sp³-hybridized carbons (Fsp3) is 0.650. The first kappa shape index (κ1) is 19.9. The summed E-state index contributed by atoms with van der Waals surface area (Å²) in [6.07, 6.45) is 4.81. The first-order chi connectivity index (χ1) is 11.9. The summed E-state index contributed by atoms with van der Waals surface area (Å²) in [6, 6.07) is 6.52. The molecule has 0 aliphatic heterocycles. The lowest BCUT2D eigenvalue weighted by Crippen LogP contribution is -2.43. The number of aryl methyl sites for hydroxylation is 2. The van der Waals surface area contributed by atoms with E-state index < -0.39 is 5.41 Å². The molecule has 0 radical (unpaired) electrons. The number of nitrogens with one attached hydrogen (secondary N) is 1. The molecule has 1 unspecified atom stereocenters. The van der Waals surface area contributed by atoms with Crippen LogP contribution in [0, 0.1) is 5.41 Å². The van der Waals surface area contributed by atoms with E-state index in [4.69, 9.17) is 0 Å². The summed E-state index contributed by atoms with van der Waals surface area (Å²) in [5, 5.41) is 21.8. The largest absolute Gasteiger partial charge is 0.396 e. The molecule has 5 nitrogen and oxygen atoms in total. The molecule has 1 aliphatic rings. The van der Waals surface area contributed by atoms with Gasteiger partial charge in [-0.3, -0.25) is 9.69 Å². The highest BCUT2D eigenvalue weighted by Crippen LogP contribution is 2.24. The first-order valence-electron chi connectivity index (χ1n) is 9.18. The summed E-state index contributed by atoms with van der Waals surface area (Å²) in [7, 11) is 1.83. The van der Waals surface area contributed by atoms with E-state index in [1.807, 2.05) is 18.9 Å². The Bertz CT molecular complexity index is 584. The highest BCUT2D eigenvalue weighted by molar-refractivity contribution is 5.78. The lowest BCUT2D eigenvalue weighted by molar-refractivity contribution is -0.123. The second kappa shape index (κ2) is 8.79. The Kier molecular flexibility index (Phi) is 6.99. The molecule has 25 heavy (non-hydrogen) atoms. The van der Waals surface area contributed by atoms with E-state index in [1.54, 1.807) is 6.92 Å². The topological polar surface area (TPSA) is 72.8 Å². The van der Waals surface area contributed by atoms with Crippen LogP contribution >= 0.6 is 0 Å². The second-order valence-corrected chi connectivity index (χ2v) is 7.82. The van der Waals surface area contributed by atoms with Crippen molar-refractivity contribution < 1.29 is 15.0 Å². The number of carbonyl (C=O) groups excluding carboxylic acids is 1. The van der Waals surface area contributed by atoms with Crippen molar-refractivity contribution >= 4 is 5.91 Å². The smallest absolute Gasteiger partial charge is 0.234 e. The SMILES string of the molecule is CC(NC(=O)CN(C)CC(C)(CO)CO)c1ccc2c(c1)CCCC2. The van der Waals surface area contributed by atoms with E-state index in [0.29, 0.717) is 6.54 Å². The first-order valence-corrected chi connectivity index (χ1v) is 9.18. The van der Waals surface area contributed by atoms with E-state index in [2.05, 4.69) is 23.5 Å². The van der Waals surface area contributed by atoms with Crippen molar-refractivity contribution in [3.8, 4) is 0 Å². The molecule has 1 aromatic carbocycles. The molecule has 0 aromatic heterocycles. The molecule has 0 bridgehead atoms. The van der Waals surface area contributed by atoms with Crippen LogP contribution in [0.3, 0.4) is 0 Å². The monoisotopic (exact) mass is 348 g/mol. The summed E-state index contributed by atoms with van der Waals surface area (Å²) in [5.41, 5.74) is 3.41. The predicted molar refractivity (Wildman–Crippen MR) is 99.4 cm³/mol. The molecular weight excluding hydrogens is 316 g/mol. The third kappa shape index (κ3) is 5.53. The Balaban J connectivity index is 1.89. The van der Waals surface area contributed by atoms with Gasteiger partial charge in [0, 0.05) is 12.0 Å². The molecule has 140 valence electrons. The highest BCUT2D eigenvalue weighted by Gasteiger charge is 2.25. The molecule has 0 heterocycles. The molecular formula is C20H32N2O3. The Morgan fingerprint density at radius 3 is 2.52 bits per heavy atom. The summed E-state index contributed by atoms with van der Waals surface area (Å²) in [6.45, 7) is 4.29. The van der Waals surface area contributed by atoms with Gasteiger partial charge in [0.25, 0.3) is 0 Å². The molecule has 0 saturated heterocycles. The van der Waals surface area contributed by atoms with Gasteiger partial charge in [-0.25, -0.2) is 0 Å². The molecule has 0 saturated carbocycles. The summed E-state index contributed by atoms with van der Waals surface area (Å²) < 4.78 is 0. The Hall–Kier alpha value is -1.43. The zero-order chi connectivity index (χ0) is 18.4. The lowest BCUT2D eigenvalue weighted by Gasteiger charge is -2.30. The van der Waals surface area contributed by atoms with Gasteiger partial charge in [-0.1, -0.05) is 25.1 Å². The third-order valence-corrected chi connectivity index (χ3v) is 5.08. The predicted octanol–water partition coefficient (Wildman–Crippen LogP) is 1.67. The van der Waals surface area contributed by atoms with Crippen molar-refractivity contribution in [2.45, 2.75) is 45.6 Å². The van der Waals surface area contributed by atoms with Crippen molar-refractivity contribution in [1.82, 2.24) is 10.2 Å². The maximum Gasteiger partial charge on any atom is 0.234 e. The van der Waals surface area contributed by atoms with Crippen molar-refractivity contribution in [2.75, 3.05) is 33.4 Å². The number of benzene rings is 1. The molecule has 1 amide bonds. The van der Waals surface area contributed by atoms with Gasteiger partial charge >= 0.3 is 0 Å². The van der Waals surface area contributed by atoms with Crippen molar-refractivity contribution in [2.24, 2.45) is 5.41 Å². The van der Waals surface area contributed by atoms with Crippen LogP contribution in [0.4, 0.5) is 0 Å². The zero-order valence-electron chi connectivity index (χ0n) is 15.7. The molecule has 1 aromatic rings. The maximum absolute atomic E-state index is 12.3. The van der Waals surface area contributed by atoms with E-state index in [-0.39, 0.29) is 31.7 Å². The molecule has 5 heteroatoms. The van der Waals surface area contributed by atoms with Crippen molar-refractivity contribution in [1.29, 1.82) is 0 Å². The molecule has 2 rings (SSSR count). The average molecular weight is 348 g/mol. The van der Waals surface area contributed by atoms with Gasteiger partial charge in [0.05, 0.1) is 25.8 Å². The van der Waals surface area contributed by atoms with E-state index >= 15 is 0 Å². The summed E-state index contributed by atoms with van der Waals surface area (Å²) >= 11 is 0. The minimum atomic E-state index is -0.598. The number of nitrogens with zero attached hydrogens (tertiary/aromatic N) is 1. The normalized spacial score (nSPS) is 15.8. The number of fused-ring (bicyclic) bond motifs is 1. The van der Waals surface area contributed by atoms with Crippen LogP contribution in [-0.2, 0) is 17.6 Å². The molecule has 0 fully saturated rings. The van der Waals surface area contributed by atoms with Crippen molar-refractivity contribution in [3.63, 3.8) is 0 Å². The van der Waals surface area contributed by atoms with Crippen LogP contribution in [0.5, 0.6) is 0 Å². The number of aliphatic hydroxyl groups is 2. The van der Waals surface area contributed by atoms with E-state index in [0.717, 1.165) is 18.4 Å². The number of hydrogen-bond acceptors (Lipinski definition) is 4. The molecule has 1 atom stereocenters. The Morgan fingerprint density at radius 1 is 1.24 bits per heavy atom. The molecule has 3 N–H and O–H groups in total. The number of carbonyl (C=O) groups is 1. The average Bonchev–Trinajstić information content (AvgIpc) is 2.60. The van der Waals surface area contributed by atoms with Crippen LogP contribution in [0.15, 0.2) is 18.2 Å². The second-order valence-electron chi connectivity index (χ2n) is 7.82. The minimum absolute atomic E-state index is 0.0322. The van der Waals surface area contributed by atoms with Crippen LogP contribution in [0.25, 0.3) is 0 Å². The quantitative estimate of drug-likeness (QED) is 0.668. The molecule has 0 spiro atoms. The Morgan fingerprint density at radius 2 is 1.88 bits per heavy atom. The molecule has 1 aliphatic carbocycles. The summed E-state index contributed by atoms with van der Waals surface area (Å²) in [5.74, 6) is -0.0500. The van der Waals surface area contributed by atoms with E-state index in [9.17, 15) is 15.0 Å². The van der Waals surface area contributed by atoms with Crippen LogP contribution in [0.2, 0.25) is 0 Å². The van der Waals surface area contributed by atoms with Gasteiger partial charge in [-0.15, -0.1) is 0 Å². The van der Waals surface area contributed by atoms with Crippen LogP contribution in [0.1, 0.15) is 49.4 Å². The Labute approximate surface area is 151 Å². The van der Waals surface area contributed by atoms with Gasteiger partial charge in [-0.2, -0.15) is 0 Å². The third-order valence-electron chi connectivity index (χ3n) is 5.08. The number of hydrogen-bond donors (Lipinski definition) is 3. The number of amides is 1. The highest BCUT2D eigenvalue weighted by atomic mass is 16.3. The van der Waals surface area contributed by atoms with Gasteiger partial charge in [0.15, 0.2) is 0 Å².